The third-order valence-electron chi connectivity index (χ3n) is 3.30. The lowest BCUT2D eigenvalue weighted by atomic mass is 9.98. The Morgan fingerprint density at radius 2 is 2.05 bits per heavy atom. The third-order valence-corrected chi connectivity index (χ3v) is 3.30. The average Bonchev–Trinajstić information content (AvgIpc) is 2.93. The van der Waals surface area contributed by atoms with Crippen molar-refractivity contribution in [1.29, 1.82) is 0 Å². The molecule has 106 valence electrons. The monoisotopic (exact) mass is 274 g/mol. The smallest absolute Gasteiger partial charge is 0.371 e. The summed E-state index contributed by atoms with van der Waals surface area (Å²) in [7, 11) is 0. The van der Waals surface area contributed by atoms with Crippen molar-refractivity contribution in [3.63, 3.8) is 0 Å². The molecule has 1 aromatic carbocycles. The summed E-state index contributed by atoms with van der Waals surface area (Å²) in [4.78, 5) is 10.7. The largest absolute Gasteiger partial charge is 0.485 e. The number of hydrogen-bond acceptors (Lipinski definition) is 3. The van der Waals surface area contributed by atoms with E-state index in [-0.39, 0.29) is 12.4 Å². The fourth-order valence-corrected chi connectivity index (χ4v) is 1.96. The maximum Gasteiger partial charge on any atom is 0.371 e. The van der Waals surface area contributed by atoms with Crippen LogP contribution in [-0.2, 0) is 6.61 Å². The molecule has 2 aromatic rings. The van der Waals surface area contributed by atoms with Crippen molar-refractivity contribution in [2.75, 3.05) is 0 Å². The minimum Gasteiger partial charge on any atom is -0.485 e. The van der Waals surface area contributed by atoms with Gasteiger partial charge in [-0.3, -0.25) is 0 Å². The first-order chi connectivity index (χ1) is 9.61. The summed E-state index contributed by atoms with van der Waals surface area (Å²) in [6, 6.07) is 10.9. The summed E-state index contributed by atoms with van der Waals surface area (Å²) < 4.78 is 10.9. The maximum absolute atomic E-state index is 10.7. The Bertz CT molecular complexity index is 586. The van der Waals surface area contributed by atoms with E-state index in [2.05, 4.69) is 13.8 Å². The van der Waals surface area contributed by atoms with Gasteiger partial charge < -0.3 is 14.3 Å². The Kier molecular flexibility index (Phi) is 4.45. The highest BCUT2D eigenvalue weighted by Crippen LogP contribution is 2.29. The third kappa shape index (κ3) is 3.20. The van der Waals surface area contributed by atoms with Crippen LogP contribution in [0, 0.1) is 0 Å². The van der Waals surface area contributed by atoms with Crippen LogP contribution in [0.5, 0.6) is 5.75 Å². The Morgan fingerprint density at radius 1 is 1.30 bits per heavy atom. The number of carboxylic acids is 1. The molecule has 1 N–H and O–H groups in total. The lowest BCUT2D eigenvalue weighted by molar-refractivity contribution is 0.0658. The Morgan fingerprint density at radius 3 is 2.70 bits per heavy atom. The van der Waals surface area contributed by atoms with Crippen molar-refractivity contribution >= 4 is 5.97 Å². The number of furan rings is 1. The van der Waals surface area contributed by atoms with E-state index >= 15 is 0 Å². The molecule has 1 aromatic heterocycles. The van der Waals surface area contributed by atoms with Gasteiger partial charge in [0.05, 0.1) is 0 Å². The molecule has 1 atom stereocenters. The molecule has 1 unspecified atom stereocenters. The number of carbonyl (C=O) groups is 1. The van der Waals surface area contributed by atoms with Crippen LogP contribution in [0.1, 0.15) is 48.1 Å². The van der Waals surface area contributed by atoms with E-state index in [0.717, 1.165) is 17.7 Å². The van der Waals surface area contributed by atoms with E-state index in [9.17, 15) is 4.79 Å². The van der Waals surface area contributed by atoms with Gasteiger partial charge in [-0.25, -0.2) is 4.79 Å². The molecule has 0 spiro atoms. The SMILES string of the molecule is CCC(C)c1ccccc1OCc1ccc(C(=O)O)o1. The van der Waals surface area contributed by atoms with E-state index in [4.69, 9.17) is 14.3 Å². The first-order valence-corrected chi connectivity index (χ1v) is 6.65. The minimum atomic E-state index is -1.07. The van der Waals surface area contributed by atoms with Crippen molar-refractivity contribution in [3.05, 3.63) is 53.5 Å². The molecule has 0 aliphatic carbocycles. The van der Waals surface area contributed by atoms with Crippen LogP contribution >= 0.6 is 0 Å². The number of hydrogen-bond donors (Lipinski definition) is 1. The molecule has 0 saturated heterocycles. The van der Waals surface area contributed by atoms with Crippen molar-refractivity contribution in [2.24, 2.45) is 0 Å². The summed E-state index contributed by atoms with van der Waals surface area (Å²) in [6.07, 6.45) is 1.03. The fourth-order valence-electron chi connectivity index (χ4n) is 1.96. The van der Waals surface area contributed by atoms with Crippen LogP contribution in [0.2, 0.25) is 0 Å². The molecule has 0 bridgehead atoms. The van der Waals surface area contributed by atoms with Gasteiger partial charge >= 0.3 is 5.97 Å². The highest BCUT2D eigenvalue weighted by molar-refractivity contribution is 5.84. The van der Waals surface area contributed by atoms with Crippen molar-refractivity contribution < 1.29 is 19.1 Å². The highest BCUT2D eigenvalue weighted by atomic mass is 16.5. The maximum atomic E-state index is 10.7. The molecule has 0 aliphatic heterocycles. The summed E-state index contributed by atoms with van der Waals surface area (Å²) in [5.74, 6) is 0.587. The minimum absolute atomic E-state index is 0.0705. The number of rotatable bonds is 6. The first-order valence-electron chi connectivity index (χ1n) is 6.65. The highest BCUT2D eigenvalue weighted by Gasteiger charge is 2.12. The lowest BCUT2D eigenvalue weighted by Crippen LogP contribution is -2.00. The van der Waals surface area contributed by atoms with Gasteiger partial charge in [0.15, 0.2) is 0 Å². The average molecular weight is 274 g/mol. The van der Waals surface area contributed by atoms with Gasteiger partial charge in [-0.05, 0) is 36.1 Å². The Labute approximate surface area is 118 Å². The zero-order chi connectivity index (χ0) is 14.5. The second-order valence-electron chi connectivity index (χ2n) is 4.71. The lowest BCUT2D eigenvalue weighted by Gasteiger charge is -2.14. The molecule has 0 radical (unpaired) electrons. The molecular formula is C16H18O4. The number of aromatic carboxylic acids is 1. The van der Waals surface area contributed by atoms with Gasteiger partial charge in [0, 0.05) is 0 Å². The Hall–Kier alpha value is -2.23. The summed E-state index contributed by atoms with van der Waals surface area (Å²) in [5.41, 5.74) is 1.15. The van der Waals surface area contributed by atoms with Gasteiger partial charge in [-0.2, -0.15) is 0 Å². The zero-order valence-corrected chi connectivity index (χ0v) is 11.6. The standard InChI is InChI=1S/C16H18O4/c1-3-11(2)13-6-4-5-7-14(13)19-10-12-8-9-15(20-12)16(17)18/h4-9,11H,3,10H2,1-2H3,(H,17,18). The van der Waals surface area contributed by atoms with Crippen LogP contribution in [-0.4, -0.2) is 11.1 Å². The number of benzene rings is 1. The second-order valence-corrected chi connectivity index (χ2v) is 4.71. The predicted molar refractivity (Wildman–Crippen MR) is 75.1 cm³/mol. The summed E-state index contributed by atoms with van der Waals surface area (Å²) in [5, 5.41) is 8.80. The van der Waals surface area contributed by atoms with Crippen molar-refractivity contribution in [1.82, 2.24) is 0 Å². The predicted octanol–water partition coefficient (Wildman–Crippen LogP) is 4.07. The number of ether oxygens (including phenoxy) is 1. The molecule has 0 fully saturated rings. The van der Waals surface area contributed by atoms with Crippen LogP contribution in [0.25, 0.3) is 0 Å². The number of carboxylic acid groups (broad SMARTS) is 1. The van der Waals surface area contributed by atoms with E-state index in [1.165, 1.54) is 6.07 Å². The first kappa shape index (κ1) is 14.2. The number of para-hydroxylation sites is 1. The van der Waals surface area contributed by atoms with E-state index < -0.39 is 5.97 Å². The van der Waals surface area contributed by atoms with E-state index in [1.54, 1.807) is 6.07 Å². The van der Waals surface area contributed by atoms with Gasteiger partial charge in [-0.1, -0.05) is 32.0 Å². The topological polar surface area (TPSA) is 59.7 Å². The van der Waals surface area contributed by atoms with Crippen LogP contribution in [0.3, 0.4) is 0 Å². The normalized spacial score (nSPS) is 12.1. The summed E-state index contributed by atoms with van der Waals surface area (Å²) >= 11 is 0. The van der Waals surface area contributed by atoms with Gasteiger partial charge in [0.2, 0.25) is 5.76 Å². The summed E-state index contributed by atoms with van der Waals surface area (Å²) in [6.45, 7) is 4.51. The molecule has 20 heavy (non-hydrogen) atoms. The molecule has 0 aliphatic rings. The van der Waals surface area contributed by atoms with Crippen LogP contribution in [0.4, 0.5) is 0 Å². The van der Waals surface area contributed by atoms with Crippen LogP contribution < -0.4 is 4.74 Å². The van der Waals surface area contributed by atoms with E-state index in [1.807, 2.05) is 24.3 Å². The molecule has 2 rings (SSSR count). The van der Waals surface area contributed by atoms with Crippen molar-refractivity contribution in [3.8, 4) is 5.75 Å². The quantitative estimate of drug-likeness (QED) is 0.862. The molecule has 4 nitrogen and oxygen atoms in total. The van der Waals surface area contributed by atoms with E-state index in [0.29, 0.717) is 11.7 Å². The zero-order valence-electron chi connectivity index (χ0n) is 11.6. The second kappa shape index (κ2) is 6.28. The Balaban J connectivity index is 2.08. The fraction of sp³-hybridized carbons (Fsp3) is 0.312. The molecular weight excluding hydrogens is 256 g/mol. The van der Waals surface area contributed by atoms with Crippen LogP contribution in [0.15, 0.2) is 40.8 Å². The molecule has 0 amide bonds. The van der Waals surface area contributed by atoms with Gasteiger partial charge in [0.1, 0.15) is 18.1 Å². The molecule has 0 saturated carbocycles. The molecule has 4 heteroatoms. The van der Waals surface area contributed by atoms with Gasteiger partial charge in [0.25, 0.3) is 0 Å². The van der Waals surface area contributed by atoms with Gasteiger partial charge in [-0.15, -0.1) is 0 Å². The van der Waals surface area contributed by atoms with Crippen molar-refractivity contribution in [2.45, 2.75) is 32.8 Å². The molecule has 1 heterocycles.